The lowest BCUT2D eigenvalue weighted by Crippen LogP contribution is -2.13. The Kier molecular flexibility index (Phi) is 6.01. The molecule has 0 nitrogen and oxygen atoms in total. The molecule has 0 saturated heterocycles. The first-order valence-corrected chi connectivity index (χ1v) is 6.45. The van der Waals surface area contributed by atoms with Crippen LogP contribution < -0.4 is 0 Å². The summed E-state index contributed by atoms with van der Waals surface area (Å²) in [6, 6.07) is 2.63. The van der Waals surface area contributed by atoms with Gasteiger partial charge in [0.2, 0.25) is 0 Å². The lowest BCUT2D eigenvalue weighted by molar-refractivity contribution is 0.514. The van der Waals surface area contributed by atoms with E-state index in [-0.39, 0.29) is 0 Å². The minimum absolute atomic E-state index is 0.790. The molecule has 0 saturated carbocycles. The Hall–Kier alpha value is -2.24. The minimum atomic E-state index is -2.04. The molecule has 1 aromatic rings. The van der Waals surface area contributed by atoms with Gasteiger partial charge in [0.1, 0.15) is 34.9 Å². The molecule has 0 radical (unpaired) electrons. The molecule has 1 rings (SSSR count). The van der Waals surface area contributed by atoms with Crippen LogP contribution in [0.4, 0.5) is 26.3 Å². The van der Waals surface area contributed by atoms with Crippen LogP contribution in [0, 0.1) is 11.6 Å². The molecule has 0 N–H and O–H groups in total. The summed E-state index contributed by atoms with van der Waals surface area (Å²) in [5.74, 6) is -9.71. The molecule has 23 heavy (non-hydrogen) atoms. The minimum Gasteiger partial charge on any atom is -0.212 e. The second-order valence-electron chi connectivity index (χ2n) is 4.77. The number of allylic oxidation sites excluding steroid dienone is 6. The van der Waals surface area contributed by atoms with E-state index >= 15 is 0 Å². The van der Waals surface area contributed by atoms with Crippen LogP contribution >= 0.6 is 0 Å². The third-order valence-electron chi connectivity index (χ3n) is 3.19. The van der Waals surface area contributed by atoms with Gasteiger partial charge in [-0.1, -0.05) is 19.2 Å². The average Bonchev–Trinajstić information content (AvgIpc) is 2.36. The fourth-order valence-electron chi connectivity index (χ4n) is 2.30. The van der Waals surface area contributed by atoms with E-state index in [1.165, 1.54) is 0 Å². The van der Waals surface area contributed by atoms with Crippen LogP contribution in [0.3, 0.4) is 0 Å². The summed E-state index contributed by atoms with van der Waals surface area (Å²) in [7, 11) is 0. The van der Waals surface area contributed by atoms with Gasteiger partial charge in [0.25, 0.3) is 0 Å². The highest BCUT2D eigenvalue weighted by Crippen LogP contribution is 2.44. The summed E-state index contributed by atoms with van der Waals surface area (Å²) in [5, 5.41) is 0. The van der Waals surface area contributed by atoms with Gasteiger partial charge < -0.3 is 0 Å². The van der Waals surface area contributed by atoms with Gasteiger partial charge in [-0.2, -0.15) is 0 Å². The van der Waals surface area contributed by atoms with Crippen molar-refractivity contribution in [1.29, 1.82) is 0 Å². The maximum atomic E-state index is 14.0. The first-order valence-electron chi connectivity index (χ1n) is 6.45. The Morgan fingerprint density at radius 2 is 1.17 bits per heavy atom. The summed E-state index contributed by atoms with van der Waals surface area (Å²) in [5.41, 5.74) is -2.82. The topological polar surface area (TPSA) is 0 Å². The molecule has 0 aromatic heterocycles. The standard InChI is InChI=1S/C17H14F6/c1-8(18)14(9(2)19)17(15(10(3)20)11(4)21)16-12(22)6-5-7-13(16)23/h5-7,17H,1,3H2,2,4H3/b14-9-,15-11-. The third-order valence-corrected chi connectivity index (χ3v) is 3.19. The van der Waals surface area contributed by atoms with E-state index in [9.17, 15) is 26.3 Å². The van der Waals surface area contributed by atoms with Crippen molar-refractivity contribution in [2.45, 2.75) is 19.8 Å². The van der Waals surface area contributed by atoms with Crippen LogP contribution in [-0.2, 0) is 0 Å². The van der Waals surface area contributed by atoms with E-state index in [0.29, 0.717) is 0 Å². The molecule has 0 bridgehead atoms. The highest BCUT2D eigenvalue weighted by Gasteiger charge is 2.33. The number of hydrogen-bond donors (Lipinski definition) is 0. The number of benzene rings is 1. The molecule has 0 atom stereocenters. The Balaban J connectivity index is 3.91. The molecular formula is C17H14F6. The second-order valence-corrected chi connectivity index (χ2v) is 4.77. The molecule has 0 heterocycles. The predicted molar refractivity (Wildman–Crippen MR) is 77.2 cm³/mol. The monoisotopic (exact) mass is 332 g/mol. The van der Waals surface area contributed by atoms with Gasteiger partial charge >= 0.3 is 0 Å². The number of hydrogen-bond acceptors (Lipinski definition) is 0. The largest absolute Gasteiger partial charge is 0.212 e. The molecule has 0 fully saturated rings. The van der Waals surface area contributed by atoms with E-state index < -0.39 is 57.6 Å². The van der Waals surface area contributed by atoms with Crippen molar-refractivity contribution in [3.8, 4) is 0 Å². The molecule has 6 heteroatoms. The Morgan fingerprint density at radius 1 is 0.826 bits per heavy atom. The van der Waals surface area contributed by atoms with Crippen LogP contribution in [0.5, 0.6) is 0 Å². The van der Waals surface area contributed by atoms with Crippen molar-refractivity contribution in [3.63, 3.8) is 0 Å². The SMILES string of the molecule is C=C(F)/C(=C(\C)F)C(/C(C(=C)F)=C(/C)F)c1c(F)cccc1F. The van der Waals surface area contributed by atoms with Crippen LogP contribution in [0.1, 0.15) is 25.3 Å². The predicted octanol–water partition coefficient (Wildman–Crippen LogP) is 6.50. The summed E-state index contributed by atoms with van der Waals surface area (Å²) < 4.78 is 82.9. The highest BCUT2D eigenvalue weighted by atomic mass is 19.2. The fourth-order valence-corrected chi connectivity index (χ4v) is 2.30. The van der Waals surface area contributed by atoms with Crippen molar-refractivity contribution in [1.82, 2.24) is 0 Å². The van der Waals surface area contributed by atoms with Gasteiger partial charge in [-0.05, 0) is 26.0 Å². The zero-order valence-electron chi connectivity index (χ0n) is 12.5. The van der Waals surface area contributed by atoms with Crippen molar-refractivity contribution in [3.05, 3.63) is 83.0 Å². The van der Waals surface area contributed by atoms with Crippen molar-refractivity contribution >= 4 is 0 Å². The normalized spacial score (nSPS) is 14.8. The van der Waals surface area contributed by atoms with Gasteiger partial charge in [-0.25, -0.2) is 26.3 Å². The van der Waals surface area contributed by atoms with Gasteiger partial charge in [0.05, 0.1) is 5.92 Å². The Morgan fingerprint density at radius 3 is 1.43 bits per heavy atom. The van der Waals surface area contributed by atoms with Crippen LogP contribution in [0.2, 0.25) is 0 Å². The van der Waals surface area contributed by atoms with Gasteiger partial charge in [0.15, 0.2) is 0 Å². The van der Waals surface area contributed by atoms with Crippen molar-refractivity contribution < 1.29 is 26.3 Å². The molecular weight excluding hydrogens is 318 g/mol. The van der Waals surface area contributed by atoms with E-state index in [4.69, 9.17) is 0 Å². The summed E-state index contributed by atoms with van der Waals surface area (Å²) in [6.07, 6.45) is 0. The highest BCUT2D eigenvalue weighted by molar-refractivity contribution is 5.51. The molecule has 0 spiro atoms. The summed E-state index contributed by atoms with van der Waals surface area (Å²) in [6.45, 7) is 7.33. The van der Waals surface area contributed by atoms with E-state index in [1.54, 1.807) is 0 Å². The van der Waals surface area contributed by atoms with Crippen molar-refractivity contribution in [2.24, 2.45) is 0 Å². The van der Waals surface area contributed by atoms with Gasteiger partial charge in [-0.3, -0.25) is 0 Å². The fraction of sp³-hybridized carbons (Fsp3) is 0.176. The molecule has 0 aliphatic heterocycles. The third kappa shape index (κ3) is 3.94. The van der Waals surface area contributed by atoms with E-state index in [1.807, 2.05) is 0 Å². The van der Waals surface area contributed by atoms with E-state index in [0.717, 1.165) is 32.0 Å². The maximum absolute atomic E-state index is 14.0. The zero-order valence-corrected chi connectivity index (χ0v) is 12.5. The quantitative estimate of drug-likeness (QED) is 0.426. The zero-order chi connectivity index (χ0) is 17.9. The molecule has 0 aliphatic carbocycles. The van der Waals surface area contributed by atoms with Crippen LogP contribution in [0.15, 0.2) is 65.8 Å². The molecule has 124 valence electrons. The number of rotatable bonds is 5. The second kappa shape index (κ2) is 7.35. The molecule has 0 amide bonds. The van der Waals surface area contributed by atoms with E-state index in [2.05, 4.69) is 13.2 Å². The summed E-state index contributed by atoms with van der Waals surface area (Å²) >= 11 is 0. The average molecular weight is 332 g/mol. The van der Waals surface area contributed by atoms with Crippen molar-refractivity contribution in [2.75, 3.05) is 0 Å². The van der Waals surface area contributed by atoms with Crippen LogP contribution in [0.25, 0.3) is 0 Å². The van der Waals surface area contributed by atoms with Gasteiger partial charge in [-0.15, -0.1) is 0 Å². The lowest BCUT2D eigenvalue weighted by Gasteiger charge is -2.23. The molecule has 1 aromatic carbocycles. The Bertz CT molecular complexity index is 648. The Labute approximate surface area is 130 Å². The summed E-state index contributed by atoms with van der Waals surface area (Å²) in [4.78, 5) is 0. The number of halogens is 6. The molecule has 0 unspecified atom stereocenters. The molecule has 0 aliphatic rings. The maximum Gasteiger partial charge on any atom is 0.130 e. The van der Waals surface area contributed by atoms with Gasteiger partial charge in [0, 0.05) is 16.7 Å². The smallest absolute Gasteiger partial charge is 0.130 e. The first kappa shape index (κ1) is 18.8. The first-order chi connectivity index (χ1) is 10.6. The lowest BCUT2D eigenvalue weighted by atomic mass is 9.82. The van der Waals surface area contributed by atoms with Crippen LogP contribution in [-0.4, -0.2) is 0 Å².